The Bertz CT molecular complexity index is 1040. The summed E-state index contributed by atoms with van der Waals surface area (Å²) < 4.78 is 27.8. The molecule has 2 N–H and O–H groups in total. The zero-order chi connectivity index (χ0) is 22.9. The molecule has 2 amide bonds. The highest BCUT2D eigenvalue weighted by Gasteiger charge is 2.50. The van der Waals surface area contributed by atoms with Crippen molar-refractivity contribution in [3.05, 3.63) is 53.6 Å². The van der Waals surface area contributed by atoms with Crippen LogP contribution in [-0.2, 0) is 14.2 Å². The number of fused-ring (bicyclic) bond motifs is 2. The van der Waals surface area contributed by atoms with Gasteiger partial charge in [-0.2, -0.15) is 0 Å². The maximum atomic E-state index is 12.7. The lowest BCUT2D eigenvalue weighted by molar-refractivity contribution is 0.00862. The Labute approximate surface area is 191 Å². The number of nitrogens with one attached hydrogen (secondary N) is 2. The summed E-state index contributed by atoms with van der Waals surface area (Å²) in [5.41, 5.74) is 2.30. The lowest BCUT2D eigenvalue weighted by atomic mass is 10.0. The van der Waals surface area contributed by atoms with Crippen molar-refractivity contribution < 1.29 is 33.3 Å². The van der Waals surface area contributed by atoms with Gasteiger partial charge in [-0.25, -0.2) is 4.79 Å². The first-order valence-corrected chi connectivity index (χ1v) is 11.0. The maximum Gasteiger partial charge on any atom is 0.412 e. The van der Waals surface area contributed by atoms with Crippen LogP contribution >= 0.6 is 0 Å². The van der Waals surface area contributed by atoms with Gasteiger partial charge in [0.2, 0.25) is 6.79 Å². The standard InChI is InChI=1S/C24H26N2O7/c1-13(2)14-3-6-16(7-4-14)25-24(28)33-20-11-30-21-17(10-29-22(20)21)26-23(27)15-5-8-18-19(9-15)32-12-31-18/h3-9,13,17,20-22H,10-12H2,1-2H3,(H,25,28)(H,26,27). The molecular formula is C24H26N2O7. The van der Waals surface area contributed by atoms with Gasteiger partial charge < -0.3 is 29.0 Å². The van der Waals surface area contributed by atoms with Gasteiger partial charge in [0.1, 0.15) is 12.2 Å². The molecule has 3 heterocycles. The highest BCUT2D eigenvalue weighted by atomic mass is 16.7. The third-order valence-corrected chi connectivity index (χ3v) is 6.04. The first-order valence-electron chi connectivity index (χ1n) is 11.0. The van der Waals surface area contributed by atoms with Crippen LogP contribution in [0.1, 0.15) is 35.7 Å². The monoisotopic (exact) mass is 454 g/mol. The van der Waals surface area contributed by atoms with Crippen molar-refractivity contribution >= 4 is 17.7 Å². The van der Waals surface area contributed by atoms with Crippen LogP contribution in [0, 0.1) is 0 Å². The van der Waals surface area contributed by atoms with Gasteiger partial charge in [-0.1, -0.05) is 26.0 Å². The zero-order valence-electron chi connectivity index (χ0n) is 18.4. The van der Waals surface area contributed by atoms with Crippen molar-refractivity contribution in [3.8, 4) is 11.5 Å². The summed E-state index contributed by atoms with van der Waals surface area (Å²) in [6.45, 7) is 4.83. The molecule has 2 saturated heterocycles. The van der Waals surface area contributed by atoms with E-state index in [4.69, 9.17) is 23.7 Å². The third-order valence-electron chi connectivity index (χ3n) is 6.04. The van der Waals surface area contributed by atoms with Crippen LogP contribution < -0.4 is 20.1 Å². The molecule has 2 aromatic rings. The molecule has 9 nitrogen and oxygen atoms in total. The topological polar surface area (TPSA) is 104 Å². The maximum absolute atomic E-state index is 12.7. The number of rotatable bonds is 5. The SMILES string of the molecule is CC(C)c1ccc(NC(=O)OC2COC3C(NC(=O)c4ccc5c(c4)OCO5)COC23)cc1. The molecule has 0 saturated carbocycles. The summed E-state index contributed by atoms with van der Waals surface area (Å²) in [5, 5.41) is 5.68. The molecule has 2 aromatic carbocycles. The molecule has 0 bridgehead atoms. The fourth-order valence-electron chi connectivity index (χ4n) is 4.21. The molecule has 2 fully saturated rings. The molecule has 3 aliphatic heterocycles. The minimum atomic E-state index is -0.571. The fourth-order valence-corrected chi connectivity index (χ4v) is 4.21. The van der Waals surface area contributed by atoms with Gasteiger partial charge >= 0.3 is 6.09 Å². The first kappa shape index (κ1) is 21.5. The minimum absolute atomic E-state index is 0.146. The molecule has 0 spiro atoms. The smallest absolute Gasteiger partial charge is 0.412 e. The molecule has 174 valence electrons. The summed E-state index contributed by atoms with van der Waals surface area (Å²) in [6, 6.07) is 12.3. The van der Waals surface area contributed by atoms with Crippen LogP contribution in [0.25, 0.3) is 0 Å². The lowest BCUT2D eigenvalue weighted by Crippen LogP contribution is -2.44. The van der Waals surface area contributed by atoms with Gasteiger partial charge in [-0.3, -0.25) is 10.1 Å². The van der Waals surface area contributed by atoms with E-state index in [2.05, 4.69) is 24.5 Å². The Hall–Kier alpha value is -3.30. The number of anilines is 1. The van der Waals surface area contributed by atoms with Gasteiger partial charge in [0.25, 0.3) is 5.91 Å². The van der Waals surface area contributed by atoms with Crippen molar-refractivity contribution in [1.29, 1.82) is 0 Å². The Balaban J connectivity index is 1.15. The number of hydrogen-bond donors (Lipinski definition) is 2. The second-order valence-corrected chi connectivity index (χ2v) is 8.59. The summed E-state index contributed by atoms with van der Waals surface area (Å²) in [4.78, 5) is 25.1. The van der Waals surface area contributed by atoms with E-state index in [0.717, 1.165) is 0 Å². The molecule has 9 heteroatoms. The third kappa shape index (κ3) is 4.46. The molecular weight excluding hydrogens is 428 g/mol. The average molecular weight is 454 g/mol. The number of benzene rings is 2. The second-order valence-electron chi connectivity index (χ2n) is 8.59. The molecule has 0 aliphatic carbocycles. The highest BCUT2D eigenvalue weighted by molar-refractivity contribution is 5.95. The number of hydrogen-bond acceptors (Lipinski definition) is 7. The molecule has 5 rings (SSSR count). The van der Waals surface area contributed by atoms with Gasteiger partial charge in [0.05, 0.1) is 19.3 Å². The molecule has 3 aliphatic rings. The van der Waals surface area contributed by atoms with Crippen molar-refractivity contribution in [2.24, 2.45) is 0 Å². The normalized spacial score (nSPS) is 25.1. The number of carbonyl (C=O) groups is 2. The van der Waals surface area contributed by atoms with E-state index >= 15 is 0 Å². The largest absolute Gasteiger partial charge is 0.454 e. The number of amides is 2. The summed E-state index contributed by atoms with van der Waals surface area (Å²) >= 11 is 0. The fraction of sp³-hybridized carbons (Fsp3) is 0.417. The van der Waals surface area contributed by atoms with Crippen molar-refractivity contribution in [2.75, 3.05) is 25.3 Å². The van der Waals surface area contributed by atoms with Crippen LogP contribution in [0.4, 0.5) is 10.5 Å². The Kier molecular flexibility index (Phi) is 5.82. The van der Waals surface area contributed by atoms with Crippen molar-refractivity contribution in [2.45, 2.75) is 44.1 Å². The van der Waals surface area contributed by atoms with Crippen LogP contribution in [0.2, 0.25) is 0 Å². The van der Waals surface area contributed by atoms with Crippen LogP contribution in [-0.4, -0.2) is 56.4 Å². The molecule has 0 aromatic heterocycles. The lowest BCUT2D eigenvalue weighted by Gasteiger charge is -2.18. The minimum Gasteiger partial charge on any atom is -0.454 e. The Morgan fingerprint density at radius 2 is 1.73 bits per heavy atom. The summed E-state index contributed by atoms with van der Waals surface area (Å²) in [5.74, 6) is 1.30. The van der Waals surface area contributed by atoms with Crippen LogP contribution in [0.3, 0.4) is 0 Å². The van der Waals surface area contributed by atoms with Gasteiger partial charge in [-0.15, -0.1) is 0 Å². The molecule has 4 unspecified atom stereocenters. The molecule has 0 radical (unpaired) electrons. The average Bonchev–Trinajstić information content (AvgIpc) is 3.52. The Morgan fingerprint density at radius 3 is 2.52 bits per heavy atom. The quantitative estimate of drug-likeness (QED) is 0.716. The number of ether oxygens (including phenoxy) is 5. The predicted octanol–water partition coefficient (Wildman–Crippen LogP) is 3.05. The molecule has 33 heavy (non-hydrogen) atoms. The van der Waals surface area contributed by atoms with Crippen molar-refractivity contribution in [1.82, 2.24) is 5.32 Å². The summed E-state index contributed by atoms with van der Waals surface area (Å²) in [7, 11) is 0. The highest BCUT2D eigenvalue weighted by Crippen LogP contribution is 2.33. The van der Waals surface area contributed by atoms with E-state index in [1.54, 1.807) is 18.2 Å². The van der Waals surface area contributed by atoms with E-state index in [-0.39, 0.29) is 32.0 Å². The van der Waals surface area contributed by atoms with Crippen molar-refractivity contribution in [3.63, 3.8) is 0 Å². The molecule has 4 atom stereocenters. The van der Waals surface area contributed by atoms with E-state index in [1.807, 2.05) is 24.3 Å². The van der Waals surface area contributed by atoms with E-state index in [9.17, 15) is 9.59 Å². The zero-order valence-corrected chi connectivity index (χ0v) is 18.4. The number of carbonyl (C=O) groups excluding carboxylic acids is 2. The van der Waals surface area contributed by atoms with Gasteiger partial charge in [0, 0.05) is 11.3 Å². The Morgan fingerprint density at radius 1 is 0.970 bits per heavy atom. The van der Waals surface area contributed by atoms with Crippen LogP contribution in [0.15, 0.2) is 42.5 Å². The second kappa shape index (κ2) is 8.92. The van der Waals surface area contributed by atoms with E-state index < -0.39 is 24.4 Å². The summed E-state index contributed by atoms with van der Waals surface area (Å²) in [6.07, 6.45) is -1.97. The van der Waals surface area contributed by atoms with Gasteiger partial charge in [0.15, 0.2) is 17.6 Å². The van der Waals surface area contributed by atoms with E-state index in [1.165, 1.54) is 5.56 Å². The first-order chi connectivity index (χ1) is 16.0. The van der Waals surface area contributed by atoms with Crippen LogP contribution in [0.5, 0.6) is 11.5 Å². The predicted molar refractivity (Wildman–Crippen MR) is 118 cm³/mol. The van der Waals surface area contributed by atoms with E-state index in [0.29, 0.717) is 28.7 Å². The van der Waals surface area contributed by atoms with Gasteiger partial charge in [-0.05, 0) is 41.8 Å².